The Balaban J connectivity index is 1.37. The van der Waals surface area contributed by atoms with E-state index in [4.69, 9.17) is 21.1 Å². The van der Waals surface area contributed by atoms with Crippen molar-refractivity contribution in [3.05, 3.63) is 58.6 Å². The van der Waals surface area contributed by atoms with E-state index in [-0.39, 0.29) is 11.9 Å². The number of ether oxygens (including phenoxy) is 2. The lowest BCUT2D eigenvalue weighted by Gasteiger charge is -2.25. The minimum atomic E-state index is 0.0381. The van der Waals surface area contributed by atoms with Crippen LogP contribution < -0.4 is 14.8 Å². The Morgan fingerprint density at radius 2 is 1.86 bits per heavy atom. The van der Waals surface area contributed by atoms with Gasteiger partial charge in [0, 0.05) is 24.0 Å². The van der Waals surface area contributed by atoms with Crippen molar-refractivity contribution in [1.29, 1.82) is 0 Å². The summed E-state index contributed by atoms with van der Waals surface area (Å²) in [5.74, 6) is 1.66. The normalized spacial score (nSPS) is 19.2. The second kappa shape index (κ2) is 8.84. The van der Waals surface area contributed by atoms with E-state index in [0.717, 1.165) is 42.9 Å². The molecule has 2 aliphatic rings. The molecule has 0 saturated carbocycles. The lowest BCUT2D eigenvalue weighted by Crippen LogP contribution is -2.36. The molecule has 1 saturated heterocycles. The van der Waals surface area contributed by atoms with Crippen LogP contribution in [-0.2, 0) is 11.3 Å². The number of hydrogen-bond donors (Lipinski definition) is 1. The smallest absolute Gasteiger partial charge is 0.234 e. The number of likely N-dealkylation sites (tertiary alicyclic amines) is 1. The Morgan fingerprint density at radius 3 is 2.68 bits per heavy atom. The third-order valence-electron chi connectivity index (χ3n) is 5.27. The molecule has 4 rings (SSSR count). The van der Waals surface area contributed by atoms with E-state index in [1.807, 2.05) is 30.3 Å². The van der Waals surface area contributed by atoms with Gasteiger partial charge in [0.2, 0.25) is 5.91 Å². The van der Waals surface area contributed by atoms with Crippen LogP contribution in [0.3, 0.4) is 0 Å². The van der Waals surface area contributed by atoms with Crippen molar-refractivity contribution >= 4 is 17.5 Å². The van der Waals surface area contributed by atoms with E-state index in [0.29, 0.717) is 31.3 Å². The number of rotatable bonds is 5. The molecule has 2 heterocycles. The number of amides is 1. The number of carbonyl (C=O) groups is 1. The molecule has 2 aromatic carbocycles. The number of carbonyl (C=O) groups excluding carboxylic acids is 1. The van der Waals surface area contributed by atoms with Crippen LogP contribution in [0, 0.1) is 0 Å². The fraction of sp³-hybridized carbons (Fsp3) is 0.409. The van der Waals surface area contributed by atoms with Gasteiger partial charge in [-0.2, -0.15) is 0 Å². The highest BCUT2D eigenvalue weighted by Crippen LogP contribution is 2.37. The van der Waals surface area contributed by atoms with Crippen molar-refractivity contribution in [1.82, 2.24) is 10.2 Å². The molecule has 1 fully saturated rings. The van der Waals surface area contributed by atoms with Crippen LogP contribution in [0.2, 0.25) is 5.02 Å². The monoisotopic (exact) mass is 400 g/mol. The predicted octanol–water partition coefficient (Wildman–Crippen LogP) is 3.95. The van der Waals surface area contributed by atoms with Gasteiger partial charge < -0.3 is 14.8 Å². The van der Waals surface area contributed by atoms with Crippen molar-refractivity contribution in [2.24, 2.45) is 0 Å². The van der Waals surface area contributed by atoms with Crippen LogP contribution in [0.5, 0.6) is 11.5 Å². The number of benzene rings is 2. The molecule has 28 heavy (non-hydrogen) atoms. The van der Waals surface area contributed by atoms with Gasteiger partial charge in [0.25, 0.3) is 0 Å². The molecule has 0 aliphatic carbocycles. The van der Waals surface area contributed by atoms with E-state index < -0.39 is 0 Å². The maximum Gasteiger partial charge on any atom is 0.234 e. The van der Waals surface area contributed by atoms with Gasteiger partial charge in [-0.3, -0.25) is 9.69 Å². The van der Waals surface area contributed by atoms with Gasteiger partial charge in [-0.05, 0) is 54.8 Å². The highest BCUT2D eigenvalue weighted by atomic mass is 35.5. The van der Waals surface area contributed by atoms with Gasteiger partial charge in [-0.25, -0.2) is 0 Å². The Bertz CT molecular complexity index is 825. The molecule has 0 spiro atoms. The summed E-state index contributed by atoms with van der Waals surface area (Å²) in [6.07, 6.45) is 3.03. The van der Waals surface area contributed by atoms with Gasteiger partial charge in [0.15, 0.2) is 11.5 Å². The first-order valence-corrected chi connectivity index (χ1v) is 10.2. The van der Waals surface area contributed by atoms with Crippen LogP contribution in [0.25, 0.3) is 0 Å². The highest BCUT2D eigenvalue weighted by molar-refractivity contribution is 6.30. The quantitative estimate of drug-likeness (QED) is 0.825. The molecular weight excluding hydrogens is 376 g/mol. The van der Waals surface area contributed by atoms with Crippen LogP contribution in [-0.4, -0.2) is 37.1 Å². The zero-order valence-electron chi connectivity index (χ0n) is 15.8. The lowest BCUT2D eigenvalue weighted by molar-refractivity contribution is -0.122. The highest BCUT2D eigenvalue weighted by Gasteiger charge is 2.28. The molecule has 0 radical (unpaired) electrons. The second-order valence-corrected chi connectivity index (χ2v) is 7.72. The summed E-state index contributed by atoms with van der Waals surface area (Å²) in [5.41, 5.74) is 2.23. The molecule has 148 valence electrons. The average Bonchev–Trinajstić information content (AvgIpc) is 3.03. The zero-order valence-corrected chi connectivity index (χ0v) is 16.6. The summed E-state index contributed by atoms with van der Waals surface area (Å²) in [4.78, 5) is 14.7. The number of nitrogens with zero attached hydrogens (tertiary/aromatic N) is 1. The summed E-state index contributed by atoms with van der Waals surface area (Å²) >= 11 is 5.90. The summed E-state index contributed by atoms with van der Waals surface area (Å²) in [5, 5.41) is 3.71. The van der Waals surface area contributed by atoms with Gasteiger partial charge in [0.05, 0.1) is 19.8 Å². The van der Waals surface area contributed by atoms with Crippen LogP contribution in [0.1, 0.15) is 36.4 Å². The standard InChI is InChI=1S/C22H25ClN2O3/c23-18-7-4-16(5-8-18)14-24-22(26)15-25-10-1-3-19(25)17-6-9-20-21(13-17)28-12-2-11-27-20/h4-9,13,19H,1-3,10-12,14-15H2,(H,24,26)/t19-/m0/s1. The topological polar surface area (TPSA) is 50.8 Å². The third kappa shape index (κ3) is 4.59. The van der Waals surface area contributed by atoms with E-state index in [2.05, 4.69) is 22.3 Å². The molecule has 0 bridgehead atoms. The minimum absolute atomic E-state index is 0.0381. The average molecular weight is 401 g/mol. The minimum Gasteiger partial charge on any atom is -0.490 e. The van der Waals surface area contributed by atoms with Gasteiger partial charge in [-0.15, -0.1) is 0 Å². The van der Waals surface area contributed by atoms with E-state index in [9.17, 15) is 4.79 Å². The fourth-order valence-electron chi connectivity index (χ4n) is 3.82. The predicted molar refractivity (Wildman–Crippen MR) is 109 cm³/mol. The molecule has 6 heteroatoms. The second-order valence-electron chi connectivity index (χ2n) is 7.29. The summed E-state index contributed by atoms with van der Waals surface area (Å²) in [6.45, 7) is 3.20. The van der Waals surface area contributed by atoms with Gasteiger partial charge in [0.1, 0.15) is 0 Å². The number of hydrogen-bond acceptors (Lipinski definition) is 4. The Hall–Kier alpha value is -2.24. The Morgan fingerprint density at radius 1 is 1.07 bits per heavy atom. The first kappa shape index (κ1) is 19.1. The number of fused-ring (bicyclic) bond motifs is 1. The van der Waals surface area contributed by atoms with Gasteiger partial charge >= 0.3 is 0 Å². The molecule has 1 N–H and O–H groups in total. The molecule has 2 aliphatic heterocycles. The molecule has 1 atom stereocenters. The van der Waals surface area contributed by atoms with Crippen LogP contribution in [0.15, 0.2) is 42.5 Å². The first-order chi connectivity index (χ1) is 13.7. The van der Waals surface area contributed by atoms with Crippen LogP contribution in [0.4, 0.5) is 0 Å². The molecular formula is C22H25ClN2O3. The maximum absolute atomic E-state index is 12.5. The van der Waals surface area contributed by atoms with Crippen molar-refractivity contribution in [3.8, 4) is 11.5 Å². The van der Waals surface area contributed by atoms with Crippen LogP contribution >= 0.6 is 11.6 Å². The number of halogens is 1. The van der Waals surface area contributed by atoms with Crippen molar-refractivity contribution in [3.63, 3.8) is 0 Å². The molecule has 1 amide bonds. The molecule has 0 unspecified atom stereocenters. The SMILES string of the molecule is O=C(CN1CCC[C@H]1c1ccc2c(c1)OCCCO2)NCc1ccc(Cl)cc1. The van der Waals surface area contributed by atoms with Crippen molar-refractivity contribution < 1.29 is 14.3 Å². The molecule has 2 aromatic rings. The Labute approximate surface area is 170 Å². The van der Waals surface area contributed by atoms with E-state index in [1.165, 1.54) is 5.56 Å². The largest absolute Gasteiger partial charge is 0.490 e. The van der Waals surface area contributed by atoms with Gasteiger partial charge in [-0.1, -0.05) is 29.8 Å². The van der Waals surface area contributed by atoms with E-state index >= 15 is 0 Å². The fourth-order valence-corrected chi connectivity index (χ4v) is 3.95. The molecule has 0 aromatic heterocycles. The summed E-state index contributed by atoms with van der Waals surface area (Å²) < 4.78 is 11.6. The summed E-state index contributed by atoms with van der Waals surface area (Å²) in [7, 11) is 0. The Kier molecular flexibility index (Phi) is 6.03. The molecule has 5 nitrogen and oxygen atoms in total. The van der Waals surface area contributed by atoms with E-state index in [1.54, 1.807) is 0 Å². The summed E-state index contributed by atoms with van der Waals surface area (Å²) in [6, 6.07) is 13.9. The number of nitrogens with one attached hydrogen (secondary N) is 1. The van der Waals surface area contributed by atoms with Crippen molar-refractivity contribution in [2.75, 3.05) is 26.3 Å². The van der Waals surface area contributed by atoms with Crippen molar-refractivity contribution in [2.45, 2.75) is 31.8 Å². The third-order valence-corrected chi connectivity index (χ3v) is 5.52. The zero-order chi connectivity index (χ0) is 19.3. The maximum atomic E-state index is 12.5. The lowest BCUT2D eigenvalue weighted by atomic mass is 10.0. The first-order valence-electron chi connectivity index (χ1n) is 9.84.